The summed E-state index contributed by atoms with van der Waals surface area (Å²) in [6.45, 7) is 2.77. The predicted octanol–water partition coefficient (Wildman–Crippen LogP) is 5.20. The van der Waals surface area contributed by atoms with Gasteiger partial charge >= 0.3 is 5.97 Å². The van der Waals surface area contributed by atoms with Crippen molar-refractivity contribution in [3.63, 3.8) is 0 Å². The molecule has 0 aliphatic carbocycles. The molecule has 8 nitrogen and oxygen atoms in total. The maximum absolute atomic E-state index is 11.7. The van der Waals surface area contributed by atoms with Crippen LogP contribution in [0.1, 0.15) is 38.8 Å². The summed E-state index contributed by atoms with van der Waals surface area (Å²) in [5.74, 6) is 1.03. The first kappa shape index (κ1) is 24.0. The summed E-state index contributed by atoms with van der Waals surface area (Å²) in [5.41, 5.74) is 4.12. The van der Waals surface area contributed by atoms with Gasteiger partial charge in [0.15, 0.2) is 5.69 Å². The number of aryl methyl sites for hydroxylation is 1. The average molecular weight is 495 g/mol. The van der Waals surface area contributed by atoms with Crippen LogP contribution in [0.15, 0.2) is 89.3 Å². The first-order valence-corrected chi connectivity index (χ1v) is 12.0. The molecule has 0 fully saturated rings. The number of aromatic carboxylic acids is 1. The molecule has 0 atom stereocenters. The molecule has 3 aromatic carbocycles. The third-order valence-electron chi connectivity index (χ3n) is 5.91. The van der Waals surface area contributed by atoms with E-state index >= 15 is 0 Å². The molecule has 5 aromatic rings. The van der Waals surface area contributed by atoms with Crippen molar-refractivity contribution >= 4 is 5.97 Å². The van der Waals surface area contributed by atoms with Crippen molar-refractivity contribution in [1.29, 1.82) is 0 Å². The molecule has 0 saturated carbocycles. The lowest BCUT2D eigenvalue weighted by atomic mass is 10.1. The molecule has 0 amide bonds. The Bertz CT molecular complexity index is 1480. The van der Waals surface area contributed by atoms with Crippen LogP contribution in [0, 0.1) is 6.92 Å². The van der Waals surface area contributed by atoms with Crippen molar-refractivity contribution in [3.05, 3.63) is 119 Å². The van der Waals surface area contributed by atoms with E-state index in [4.69, 9.17) is 9.15 Å². The summed E-state index contributed by atoms with van der Waals surface area (Å²) in [6, 6.07) is 27.1. The number of benzene rings is 3. The van der Waals surface area contributed by atoms with Gasteiger partial charge in [-0.1, -0.05) is 60.7 Å². The number of carboxylic acid groups (broad SMARTS) is 1. The summed E-state index contributed by atoms with van der Waals surface area (Å²) in [4.78, 5) is 17.8. The van der Waals surface area contributed by atoms with Crippen molar-refractivity contribution in [2.75, 3.05) is 6.61 Å². The van der Waals surface area contributed by atoms with Crippen molar-refractivity contribution in [1.82, 2.24) is 20.0 Å². The van der Waals surface area contributed by atoms with E-state index in [1.54, 1.807) is 0 Å². The Morgan fingerprint density at radius 1 is 0.892 bits per heavy atom. The number of oxazole rings is 1. The van der Waals surface area contributed by atoms with Crippen LogP contribution in [-0.2, 0) is 19.4 Å². The molecule has 0 aliphatic rings. The highest BCUT2D eigenvalue weighted by Gasteiger charge is 2.18. The average Bonchev–Trinajstić information content (AvgIpc) is 3.49. The van der Waals surface area contributed by atoms with Crippen LogP contribution in [-0.4, -0.2) is 37.7 Å². The Hall–Kier alpha value is -4.72. The summed E-state index contributed by atoms with van der Waals surface area (Å²) in [5, 5.41) is 18.2. The van der Waals surface area contributed by atoms with E-state index in [2.05, 4.69) is 15.2 Å². The van der Waals surface area contributed by atoms with Gasteiger partial charge in [-0.2, -0.15) is 9.90 Å². The van der Waals surface area contributed by atoms with Gasteiger partial charge in [-0.25, -0.2) is 9.78 Å². The molecule has 2 aromatic heterocycles. The van der Waals surface area contributed by atoms with Crippen molar-refractivity contribution in [3.8, 4) is 17.2 Å². The molecular formula is C29H26N4O4. The summed E-state index contributed by atoms with van der Waals surface area (Å²) in [6.07, 6.45) is 0.980. The third kappa shape index (κ3) is 5.92. The fraction of sp³-hybridized carbons (Fsp3) is 0.172. The minimum absolute atomic E-state index is 0.0332. The number of carboxylic acids is 1. The monoisotopic (exact) mass is 494 g/mol. The standard InChI is InChI=1S/C29H26N4O4/c1-20-25(30-28(37-20)23-10-6-3-7-11-23)16-17-36-24-14-12-21(13-15-24)18-26-27(29(34)35)32-33(31-26)19-22-8-4-2-5-9-22/h2-15H,16-19H2,1H3,(H,34,35). The zero-order chi connectivity index (χ0) is 25.6. The highest BCUT2D eigenvalue weighted by molar-refractivity contribution is 5.86. The topological polar surface area (TPSA) is 103 Å². The van der Waals surface area contributed by atoms with E-state index < -0.39 is 5.97 Å². The molecule has 186 valence electrons. The maximum atomic E-state index is 11.7. The van der Waals surface area contributed by atoms with E-state index in [9.17, 15) is 9.90 Å². The largest absolute Gasteiger partial charge is 0.493 e. The Morgan fingerprint density at radius 2 is 1.59 bits per heavy atom. The molecule has 0 aliphatic heterocycles. The van der Waals surface area contributed by atoms with Crippen LogP contribution < -0.4 is 4.74 Å². The summed E-state index contributed by atoms with van der Waals surface area (Å²) in [7, 11) is 0. The fourth-order valence-electron chi connectivity index (χ4n) is 4.01. The molecule has 2 heterocycles. The summed E-state index contributed by atoms with van der Waals surface area (Å²) < 4.78 is 11.7. The van der Waals surface area contributed by atoms with Crippen LogP contribution in [0.5, 0.6) is 5.75 Å². The van der Waals surface area contributed by atoms with Gasteiger partial charge < -0.3 is 14.3 Å². The minimum atomic E-state index is -1.09. The van der Waals surface area contributed by atoms with Crippen molar-refractivity contribution < 1.29 is 19.1 Å². The number of hydrogen-bond acceptors (Lipinski definition) is 6. The second-order valence-corrected chi connectivity index (χ2v) is 8.62. The molecule has 37 heavy (non-hydrogen) atoms. The Morgan fingerprint density at radius 3 is 2.30 bits per heavy atom. The van der Waals surface area contributed by atoms with Crippen LogP contribution >= 0.6 is 0 Å². The molecule has 0 saturated heterocycles. The van der Waals surface area contributed by atoms with Gasteiger partial charge in [-0.05, 0) is 42.3 Å². The normalized spacial score (nSPS) is 10.9. The smallest absolute Gasteiger partial charge is 0.358 e. The van der Waals surface area contributed by atoms with Crippen LogP contribution in [0.3, 0.4) is 0 Å². The van der Waals surface area contributed by atoms with E-state index in [-0.39, 0.29) is 5.69 Å². The lowest BCUT2D eigenvalue weighted by Crippen LogP contribution is -2.05. The highest BCUT2D eigenvalue weighted by atomic mass is 16.5. The number of nitrogens with zero attached hydrogens (tertiary/aromatic N) is 4. The second kappa shape index (κ2) is 10.9. The predicted molar refractivity (Wildman–Crippen MR) is 138 cm³/mol. The van der Waals surface area contributed by atoms with Gasteiger partial charge in [0.25, 0.3) is 0 Å². The fourth-order valence-corrected chi connectivity index (χ4v) is 4.01. The number of carbonyl (C=O) groups is 1. The summed E-state index contributed by atoms with van der Waals surface area (Å²) >= 11 is 0. The van der Waals surface area contributed by atoms with Crippen molar-refractivity contribution in [2.24, 2.45) is 0 Å². The Kier molecular flexibility index (Phi) is 7.07. The molecular weight excluding hydrogens is 468 g/mol. The van der Waals surface area contributed by atoms with Crippen LogP contribution in [0.25, 0.3) is 11.5 Å². The maximum Gasteiger partial charge on any atom is 0.358 e. The number of ether oxygens (including phenoxy) is 1. The molecule has 0 unspecified atom stereocenters. The molecule has 1 N–H and O–H groups in total. The molecule has 8 heteroatoms. The van der Waals surface area contributed by atoms with Crippen LogP contribution in [0.4, 0.5) is 0 Å². The van der Waals surface area contributed by atoms with Crippen LogP contribution in [0.2, 0.25) is 0 Å². The van der Waals surface area contributed by atoms with Gasteiger partial charge in [-0.3, -0.25) is 0 Å². The third-order valence-corrected chi connectivity index (χ3v) is 5.91. The molecule has 0 spiro atoms. The first-order valence-electron chi connectivity index (χ1n) is 12.0. The number of aromatic nitrogens is 4. The van der Waals surface area contributed by atoms with Gasteiger partial charge in [-0.15, -0.1) is 5.10 Å². The zero-order valence-corrected chi connectivity index (χ0v) is 20.4. The second-order valence-electron chi connectivity index (χ2n) is 8.62. The SMILES string of the molecule is Cc1oc(-c2ccccc2)nc1CCOc1ccc(Cc2nn(Cc3ccccc3)nc2C(=O)O)cc1. The van der Waals surface area contributed by atoms with Crippen molar-refractivity contribution in [2.45, 2.75) is 26.3 Å². The number of rotatable bonds is 10. The van der Waals surface area contributed by atoms with Gasteiger partial charge in [0, 0.05) is 18.4 Å². The van der Waals surface area contributed by atoms with E-state index in [0.717, 1.165) is 33.9 Å². The minimum Gasteiger partial charge on any atom is -0.493 e. The Labute approximate surface area is 214 Å². The van der Waals surface area contributed by atoms with Gasteiger partial charge in [0.2, 0.25) is 5.89 Å². The lowest BCUT2D eigenvalue weighted by molar-refractivity contribution is 0.0688. The Balaban J connectivity index is 1.19. The van der Waals surface area contributed by atoms with E-state index in [0.29, 0.717) is 37.6 Å². The molecule has 0 bridgehead atoms. The number of hydrogen-bond donors (Lipinski definition) is 1. The van der Waals surface area contributed by atoms with E-state index in [1.165, 1.54) is 4.80 Å². The first-order chi connectivity index (χ1) is 18.0. The van der Waals surface area contributed by atoms with Gasteiger partial charge in [0.1, 0.15) is 17.2 Å². The zero-order valence-electron chi connectivity index (χ0n) is 20.4. The molecule has 5 rings (SSSR count). The lowest BCUT2D eigenvalue weighted by Gasteiger charge is -2.06. The molecule has 0 radical (unpaired) electrons. The van der Waals surface area contributed by atoms with Gasteiger partial charge in [0.05, 0.1) is 18.8 Å². The van der Waals surface area contributed by atoms with E-state index in [1.807, 2.05) is 91.9 Å². The highest BCUT2D eigenvalue weighted by Crippen LogP contribution is 2.22. The quantitative estimate of drug-likeness (QED) is 0.285.